The van der Waals surface area contributed by atoms with Crippen LogP contribution in [0, 0.1) is 5.82 Å². The first-order valence-corrected chi connectivity index (χ1v) is 7.25. The van der Waals surface area contributed by atoms with Crippen LogP contribution in [0.2, 0.25) is 5.02 Å². The van der Waals surface area contributed by atoms with Crippen LogP contribution >= 0.6 is 27.5 Å². The van der Waals surface area contributed by atoms with E-state index >= 15 is 0 Å². The van der Waals surface area contributed by atoms with Gasteiger partial charge in [-0.2, -0.15) is 0 Å². The van der Waals surface area contributed by atoms with Crippen LogP contribution in [0.3, 0.4) is 0 Å². The Morgan fingerprint density at radius 2 is 1.82 bits per heavy atom. The molecule has 0 aliphatic heterocycles. The number of halogens is 3. The Bertz CT molecular complexity index is 366. The van der Waals surface area contributed by atoms with Gasteiger partial charge in [0, 0.05) is 10.5 Å². The highest BCUT2D eigenvalue weighted by Crippen LogP contribution is 2.33. The number of rotatable bonds is 2. The Morgan fingerprint density at radius 1 is 1.18 bits per heavy atom. The van der Waals surface area contributed by atoms with Crippen LogP contribution in [0.1, 0.15) is 38.5 Å². The first-order valence-electron chi connectivity index (χ1n) is 6.08. The average Bonchev–Trinajstić information content (AvgIpc) is 2.51. The van der Waals surface area contributed by atoms with Crippen molar-refractivity contribution in [3.8, 4) is 0 Å². The normalized spacial score (nSPS) is 17.8. The van der Waals surface area contributed by atoms with Crippen LogP contribution in [0.4, 0.5) is 10.1 Å². The monoisotopic (exact) mass is 319 g/mol. The fourth-order valence-corrected chi connectivity index (χ4v) is 3.23. The molecule has 1 aliphatic rings. The van der Waals surface area contributed by atoms with Crippen molar-refractivity contribution >= 4 is 33.2 Å². The molecule has 4 heteroatoms. The third kappa shape index (κ3) is 3.59. The molecule has 1 aliphatic carbocycles. The van der Waals surface area contributed by atoms with Gasteiger partial charge in [-0.1, -0.05) is 37.3 Å². The van der Waals surface area contributed by atoms with Gasteiger partial charge in [-0.05, 0) is 40.9 Å². The maximum Gasteiger partial charge on any atom is 0.125 e. The lowest BCUT2D eigenvalue weighted by atomic mass is 10.1. The third-order valence-corrected chi connectivity index (χ3v) is 4.13. The quantitative estimate of drug-likeness (QED) is 0.722. The Hall–Kier alpha value is -0.280. The minimum Gasteiger partial charge on any atom is -0.380 e. The van der Waals surface area contributed by atoms with Gasteiger partial charge in [0.2, 0.25) is 0 Å². The molecule has 0 spiro atoms. The Kier molecular flexibility index (Phi) is 4.69. The van der Waals surface area contributed by atoms with Crippen LogP contribution in [0.5, 0.6) is 0 Å². The molecular formula is C13H16BrClFN. The summed E-state index contributed by atoms with van der Waals surface area (Å²) >= 11 is 9.42. The summed E-state index contributed by atoms with van der Waals surface area (Å²) in [6.07, 6.45) is 7.48. The van der Waals surface area contributed by atoms with Crippen molar-refractivity contribution in [2.24, 2.45) is 0 Å². The fraction of sp³-hybridized carbons (Fsp3) is 0.538. The second kappa shape index (κ2) is 6.05. The second-order valence-electron chi connectivity index (χ2n) is 4.58. The van der Waals surface area contributed by atoms with Crippen molar-refractivity contribution in [1.82, 2.24) is 0 Å². The molecular weight excluding hydrogens is 305 g/mol. The summed E-state index contributed by atoms with van der Waals surface area (Å²) in [5.74, 6) is -0.312. The zero-order chi connectivity index (χ0) is 12.3. The van der Waals surface area contributed by atoms with Crippen LogP contribution in [0.25, 0.3) is 0 Å². The van der Waals surface area contributed by atoms with Crippen LogP contribution in [-0.4, -0.2) is 6.04 Å². The molecule has 1 nitrogen and oxygen atoms in total. The molecule has 1 N–H and O–H groups in total. The highest BCUT2D eigenvalue weighted by Gasteiger charge is 2.15. The number of nitrogens with one attached hydrogen (secondary N) is 1. The van der Waals surface area contributed by atoms with E-state index in [4.69, 9.17) is 11.6 Å². The smallest absolute Gasteiger partial charge is 0.125 e. The minimum atomic E-state index is -0.312. The number of benzene rings is 1. The summed E-state index contributed by atoms with van der Waals surface area (Å²) in [7, 11) is 0. The van der Waals surface area contributed by atoms with Crippen molar-refractivity contribution < 1.29 is 4.39 Å². The lowest BCUT2D eigenvalue weighted by molar-refractivity contribution is 0.616. The molecule has 1 fully saturated rings. The zero-order valence-electron chi connectivity index (χ0n) is 9.61. The first kappa shape index (κ1) is 13.2. The Balaban J connectivity index is 2.11. The van der Waals surface area contributed by atoms with Crippen molar-refractivity contribution in [2.45, 2.75) is 44.6 Å². The van der Waals surface area contributed by atoms with E-state index in [0.717, 1.165) is 5.69 Å². The van der Waals surface area contributed by atoms with Gasteiger partial charge in [-0.3, -0.25) is 0 Å². The molecule has 2 rings (SSSR count). The summed E-state index contributed by atoms with van der Waals surface area (Å²) in [5.41, 5.74) is 0.819. The molecule has 0 bridgehead atoms. The minimum absolute atomic E-state index is 0.312. The van der Waals surface area contributed by atoms with Crippen molar-refractivity contribution in [3.63, 3.8) is 0 Å². The van der Waals surface area contributed by atoms with Crippen molar-refractivity contribution in [2.75, 3.05) is 5.32 Å². The van der Waals surface area contributed by atoms with Crippen molar-refractivity contribution in [1.29, 1.82) is 0 Å². The molecule has 0 radical (unpaired) electrons. The predicted molar refractivity (Wildman–Crippen MR) is 74.2 cm³/mol. The average molecular weight is 321 g/mol. The highest BCUT2D eigenvalue weighted by molar-refractivity contribution is 9.10. The summed E-state index contributed by atoms with van der Waals surface area (Å²) < 4.78 is 13.8. The van der Waals surface area contributed by atoms with E-state index in [1.54, 1.807) is 0 Å². The van der Waals surface area contributed by atoms with Gasteiger partial charge in [0.25, 0.3) is 0 Å². The predicted octanol–water partition coefficient (Wildman–Crippen LogP) is 5.38. The van der Waals surface area contributed by atoms with E-state index in [2.05, 4.69) is 21.2 Å². The molecule has 0 aromatic heterocycles. The lowest BCUT2D eigenvalue weighted by Gasteiger charge is -2.19. The summed E-state index contributed by atoms with van der Waals surface area (Å²) in [5, 5.41) is 3.88. The van der Waals surface area contributed by atoms with Crippen molar-refractivity contribution in [3.05, 3.63) is 27.4 Å². The SMILES string of the molecule is Fc1cc(Cl)c(NC2CCCCCC2)c(Br)c1. The largest absolute Gasteiger partial charge is 0.380 e. The Labute approximate surface area is 115 Å². The molecule has 0 amide bonds. The molecule has 17 heavy (non-hydrogen) atoms. The summed E-state index contributed by atoms with van der Waals surface area (Å²) in [6.45, 7) is 0. The Morgan fingerprint density at radius 3 is 2.41 bits per heavy atom. The van der Waals surface area contributed by atoms with Gasteiger partial charge >= 0.3 is 0 Å². The highest BCUT2D eigenvalue weighted by atomic mass is 79.9. The maximum atomic E-state index is 13.1. The lowest BCUT2D eigenvalue weighted by Crippen LogP contribution is -2.18. The molecule has 1 saturated carbocycles. The molecule has 94 valence electrons. The first-order chi connectivity index (χ1) is 8.16. The molecule has 1 aromatic rings. The molecule has 0 unspecified atom stereocenters. The number of anilines is 1. The van der Waals surface area contributed by atoms with E-state index in [1.807, 2.05) is 0 Å². The van der Waals surface area contributed by atoms with Crippen LogP contribution in [-0.2, 0) is 0 Å². The molecule has 0 atom stereocenters. The molecule has 0 heterocycles. The van der Waals surface area contributed by atoms with Gasteiger partial charge in [0.15, 0.2) is 0 Å². The van der Waals surface area contributed by atoms with E-state index in [-0.39, 0.29) is 5.82 Å². The van der Waals surface area contributed by atoms with E-state index in [0.29, 0.717) is 15.5 Å². The standard InChI is InChI=1S/C13H16BrClFN/c14-11-7-9(16)8-12(15)13(11)17-10-5-3-1-2-4-6-10/h7-8,10,17H,1-6H2. The third-order valence-electron chi connectivity index (χ3n) is 3.21. The summed E-state index contributed by atoms with van der Waals surface area (Å²) in [6, 6.07) is 3.26. The number of hydrogen-bond acceptors (Lipinski definition) is 1. The second-order valence-corrected chi connectivity index (χ2v) is 5.84. The topological polar surface area (TPSA) is 12.0 Å². The zero-order valence-corrected chi connectivity index (χ0v) is 12.0. The fourth-order valence-electron chi connectivity index (χ4n) is 2.31. The molecule has 0 saturated heterocycles. The van der Waals surface area contributed by atoms with Gasteiger partial charge in [0.05, 0.1) is 10.7 Å². The van der Waals surface area contributed by atoms with E-state index in [1.165, 1.54) is 50.7 Å². The maximum absolute atomic E-state index is 13.1. The summed E-state index contributed by atoms with van der Waals surface area (Å²) in [4.78, 5) is 0. The van der Waals surface area contributed by atoms with Gasteiger partial charge in [0.1, 0.15) is 5.82 Å². The molecule has 1 aromatic carbocycles. The van der Waals surface area contributed by atoms with E-state index in [9.17, 15) is 4.39 Å². The van der Waals surface area contributed by atoms with Crippen LogP contribution in [0.15, 0.2) is 16.6 Å². The number of hydrogen-bond donors (Lipinski definition) is 1. The van der Waals surface area contributed by atoms with Crippen LogP contribution < -0.4 is 5.32 Å². The van der Waals surface area contributed by atoms with E-state index < -0.39 is 0 Å². The van der Waals surface area contributed by atoms with Gasteiger partial charge in [-0.25, -0.2) is 4.39 Å². The van der Waals surface area contributed by atoms with Gasteiger partial charge < -0.3 is 5.32 Å². The van der Waals surface area contributed by atoms with Gasteiger partial charge in [-0.15, -0.1) is 0 Å².